The molecule has 0 saturated carbocycles. The van der Waals surface area contributed by atoms with Crippen LogP contribution in [0.5, 0.6) is 0 Å². The van der Waals surface area contributed by atoms with Crippen LogP contribution >= 0.6 is 22.6 Å². The minimum absolute atomic E-state index is 0.214. The molecular formula is C27H20F3IN2. The van der Waals surface area contributed by atoms with Crippen molar-refractivity contribution in [3.05, 3.63) is 98.8 Å². The van der Waals surface area contributed by atoms with E-state index in [1.54, 1.807) is 0 Å². The van der Waals surface area contributed by atoms with Crippen LogP contribution in [0.2, 0.25) is 0 Å². The predicted molar refractivity (Wildman–Crippen MR) is 134 cm³/mol. The van der Waals surface area contributed by atoms with Gasteiger partial charge in [0.25, 0.3) is 0 Å². The Kier molecular flexibility index (Phi) is 5.61. The third-order valence-corrected chi connectivity index (χ3v) is 6.88. The van der Waals surface area contributed by atoms with Crippen LogP contribution in [0.3, 0.4) is 0 Å². The first-order valence-electron chi connectivity index (χ1n) is 10.6. The Hall–Kier alpha value is -2.92. The van der Waals surface area contributed by atoms with Crippen molar-refractivity contribution in [2.45, 2.75) is 18.6 Å². The highest BCUT2D eigenvalue weighted by molar-refractivity contribution is 14.1. The Morgan fingerprint density at radius 1 is 0.939 bits per heavy atom. The first-order valence-corrected chi connectivity index (χ1v) is 11.7. The molecule has 0 N–H and O–H groups in total. The largest absolute Gasteiger partial charge is 0.416 e. The van der Waals surface area contributed by atoms with Crippen LogP contribution in [0.25, 0.3) is 10.9 Å². The second-order valence-electron chi connectivity index (χ2n) is 8.11. The molecule has 166 valence electrons. The van der Waals surface area contributed by atoms with Crippen molar-refractivity contribution < 1.29 is 13.2 Å². The van der Waals surface area contributed by atoms with E-state index in [0.29, 0.717) is 5.56 Å². The molecule has 0 aliphatic carbocycles. The summed E-state index contributed by atoms with van der Waals surface area (Å²) in [7, 11) is 2.06. The smallest absolute Gasteiger partial charge is 0.352 e. The van der Waals surface area contributed by atoms with E-state index >= 15 is 0 Å². The molecule has 1 aromatic heterocycles. The van der Waals surface area contributed by atoms with Gasteiger partial charge in [0.2, 0.25) is 0 Å². The summed E-state index contributed by atoms with van der Waals surface area (Å²) in [5.74, 6) is 6.53. The minimum Gasteiger partial charge on any atom is -0.352 e. The number of aromatic nitrogens is 1. The number of benzene rings is 3. The number of rotatable bonds is 1. The number of halogens is 4. The van der Waals surface area contributed by atoms with Crippen molar-refractivity contribution in [3.8, 4) is 11.8 Å². The average molecular weight is 556 g/mol. The van der Waals surface area contributed by atoms with Crippen LogP contribution < -0.4 is 4.90 Å². The van der Waals surface area contributed by atoms with E-state index in [2.05, 4.69) is 93.4 Å². The lowest BCUT2D eigenvalue weighted by Crippen LogP contribution is -2.35. The molecular weight excluding hydrogens is 536 g/mol. The summed E-state index contributed by atoms with van der Waals surface area (Å²) in [4.78, 5) is 2.29. The molecule has 0 radical (unpaired) electrons. The van der Waals surface area contributed by atoms with Crippen LogP contribution in [0, 0.1) is 15.4 Å². The van der Waals surface area contributed by atoms with Gasteiger partial charge < -0.3 is 9.47 Å². The summed E-state index contributed by atoms with van der Waals surface area (Å²) >= 11 is 2.29. The van der Waals surface area contributed by atoms with Gasteiger partial charge in [-0.3, -0.25) is 0 Å². The maximum atomic E-state index is 12.9. The van der Waals surface area contributed by atoms with Gasteiger partial charge in [-0.15, -0.1) is 0 Å². The van der Waals surface area contributed by atoms with Crippen LogP contribution in [0.1, 0.15) is 28.4 Å². The van der Waals surface area contributed by atoms with E-state index in [1.165, 1.54) is 23.1 Å². The number of alkyl halides is 3. The van der Waals surface area contributed by atoms with E-state index in [0.717, 1.165) is 45.6 Å². The number of hydrogen-bond acceptors (Lipinski definition) is 1. The molecule has 0 bridgehead atoms. The number of aryl methyl sites for hydroxylation is 1. The zero-order valence-corrected chi connectivity index (χ0v) is 20.0. The van der Waals surface area contributed by atoms with E-state index in [1.807, 2.05) is 6.07 Å². The molecule has 0 spiro atoms. The number of para-hydroxylation sites is 1. The molecule has 1 unspecified atom stereocenters. The normalized spacial score (nSPS) is 15.8. The van der Waals surface area contributed by atoms with Gasteiger partial charge in [-0.1, -0.05) is 30.0 Å². The molecule has 5 rings (SSSR count). The molecule has 3 aromatic carbocycles. The molecule has 0 fully saturated rings. The van der Waals surface area contributed by atoms with Crippen LogP contribution in [0.4, 0.5) is 18.9 Å². The van der Waals surface area contributed by atoms with Crippen LogP contribution in [-0.2, 0) is 19.6 Å². The lowest BCUT2D eigenvalue weighted by Gasteiger charge is -2.35. The molecule has 4 aromatic rings. The zero-order valence-electron chi connectivity index (χ0n) is 17.8. The van der Waals surface area contributed by atoms with Crippen molar-refractivity contribution in [1.29, 1.82) is 0 Å². The summed E-state index contributed by atoms with van der Waals surface area (Å²) in [5, 5.41) is 1.23. The second-order valence-corrected chi connectivity index (χ2v) is 9.35. The van der Waals surface area contributed by atoms with Gasteiger partial charge in [-0.25, -0.2) is 0 Å². The maximum Gasteiger partial charge on any atom is 0.416 e. The van der Waals surface area contributed by atoms with Gasteiger partial charge in [-0.2, -0.15) is 13.2 Å². The lowest BCUT2D eigenvalue weighted by molar-refractivity contribution is -0.137. The van der Waals surface area contributed by atoms with Crippen molar-refractivity contribution in [3.63, 3.8) is 0 Å². The quantitative estimate of drug-likeness (QED) is 0.182. The van der Waals surface area contributed by atoms with Gasteiger partial charge in [0.1, 0.15) is 6.04 Å². The Balaban J connectivity index is 1.61. The zero-order chi connectivity index (χ0) is 23.2. The van der Waals surface area contributed by atoms with E-state index < -0.39 is 11.7 Å². The molecule has 1 aliphatic rings. The Bertz CT molecular complexity index is 1370. The van der Waals surface area contributed by atoms with Gasteiger partial charge in [0.05, 0.1) is 11.3 Å². The maximum absolute atomic E-state index is 12.9. The van der Waals surface area contributed by atoms with Crippen molar-refractivity contribution in [1.82, 2.24) is 4.57 Å². The fourth-order valence-corrected chi connectivity index (χ4v) is 4.92. The molecule has 6 heteroatoms. The number of nitrogens with zero attached hydrogens (tertiary/aromatic N) is 2. The Labute approximate surface area is 204 Å². The molecule has 0 amide bonds. The summed E-state index contributed by atoms with van der Waals surface area (Å²) in [6, 6.07) is 21.5. The molecule has 33 heavy (non-hydrogen) atoms. The fraction of sp³-hybridized carbons (Fsp3) is 0.185. The van der Waals surface area contributed by atoms with E-state index in [9.17, 15) is 13.2 Å². The van der Waals surface area contributed by atoms with Crippen LogP contribution in [-0.4, -0.2) is 11.1 Å². The standard InChI is InChI=1S/C27H20F3IN2/c1-32-24-5-3-2-4-22(24)23-16-17-33(21-13-11-20(31)12-14-21)25(26(23)32)15-8-18-6-9-19(10-7-18)27(28,29)30/h2-7,9-14,25H,16-17H2,1H3. The summed E-state index contributed by atoms with van der Waals surface area (Å²) in [6.07, 6.45) is -3.45. The Morgan fingerprint density at radius 2 is 1.64 bits per heavy atom. The first-order chi connectivity index (χ1) is 15.8. The predicted octanol–water partition coefficient (Wildman–Crippen LogP) is 6.96. The lowest BCUT2D eigenvalue weighted by atomic mass is 9.96. The highest BCUT2D eigenvalue weighted by Crippen LogP contribution is 2.38. The second kappa shape index (κ2) is 8.45. The summed E-state index contributed by atoms with van der Waals surface area (Å²) < 4.78 is 42.1. The average Bonchev–Trinajstić information content (AvgIpc) is 3.10. The van der Waals surface area contributed by atoms with Crippen molar-refractivity contribution in [2.24, 2.45) is 7.05 Å². The number of anilines is 1. The van der Waals surface area contributed by atoms with Crippen molar-refractivity contribution >= 4 is 39.2 Å². The summed E-state index contributed by atoms with van der Waals surface area (Å²) in [5.41, 5.74) is 4.58. The number of hydrogen-bond donors (Lipinski definition) is 0. The highest BCUT2D eigenvalue weighted by atomic mass is 127. The molecule has 0 saturated heterocycles. The topological polar surface area (TPSA) is 8.17 Å². The summed E-state index contributed by atoms with van der Waals surface area (Å²) in [6.45, 7) is 0.813. The Morgan fingerprint density at radius 3 is 2.33 bits per heavy atom. The monoisotopic (exact) mass is 556 g/mol. The van der Waals surface area contributed by atoms with Gasteiger partial charge >= 0.3 is 6.18 Å². The van der Waals surface area contributed by atoms with Crippen molar-refractivity contribution in [2.75, 3.05) is 11.4 Å². The van der Waals surface area contributed by atoms with Crippen LogP contribution in [0.15, 0.2) is 72.8 Å². The third-order valence-electron chi connectivity index (χ3n) is 6.16. The minimum atomic E-state index is -4.35. The molecule has 1 aliphatic heterocycles. The van der Waals surface area contributed by atoms with Gasteiger partial charge in [0, 0.05) is 39.3 Å². The highest BCUT2D eigenvalue weighted by Gasteiger charge is 2.32. The van der Waals surface area contributed by atoms with Gasteiger partial charge in [0.15, 0.2) is 0 Å². The number of fused-ring (bicyclic) bond motifs is 3. The molecule has 2 heterocycles. The third kappa shape index (κ3) is 4.10. The fourth-order valence-electron chi connectivity index (χ4n) is 4.56. The molecule has 1 atom stereocenters. The van der Waals surface area contributed by atoms with Gasteiger partial charge in [-0.05, 0) is 89.2 Å². The SMILES string of the molecule is Cn1c2c(c3ccccc31)CCN(c1ccc(I)cc1)C2C#Cc1ccc(C(F)(F)F)cc1. The molecule has 2 nitrogen and oxygen atoms in total. The van der Waals surface area contributed by atoms with E-state index in [-0.39, 0.29) is 6.04 Å². The van der Waals surface area contributed by atoms with E-state index in [4.69, 9.17) is 0 Å². The first kappa shape index (κ1) is 21.9.